The SMILES string of the molecule is O=C(Cc1ccc(Cl)cc1)NC1CCCCC/C=C\[C@@H]2C[C@@]2(C(=O)NS(=O)(=O)C2CC2)NC(=O)C2CCCN2C1=O. The van der Waals surface area contributed by atoms with E-state index in [4.69, 9.17) is 11.6 Å². The maximum Gasteiger partial charge on any atom is 0.259 e. The van der Waals surface area contributed by atoms with Crippen molar-refractivity contribution in [2.75, 3.05) is 6.54 Å². The zero-order valence-corrected chi connectivity index (χ0v) is 24.5. The van der Waals surface area contributed by atoms with Crippen molar-refractivity contribution in [1.29, 1.82) is 0 Å². The molecule has 1 aromatic carbocycles. The van der Waals surface area contributed by atoms with Gasteiger partial charge in [0.15, 0.2) is 0 Å². The molecule has 222 valence electrons. The molecular weight excluding hydrogens is 568 g/mol. The molecule has 2 saturated carbocycles. The van der Waals surface area contributed by atoms with E-state index in [9.17, 15) is 27.6 Å². The van der Waals surface area contributed by atoms with Gasteiger partial charge in [0.1, 0.15) is 17.6 Å². The highest BCUT2D eigenvalue weighted by Gasteiger charge is 2.61. The van der Waals surface area contributed by atoms with E-state index >= 15 is 0 Å². The number of carbonyl (C=O) groups excluding carboxylic acids is 4. The van der Waals surface area contributed by atoms with Crippen LogP contribution in [0.3, 0.4) is 0 Å². The second kappa shape index (κ2) is 12.1. The van der Waals surface area contributed by atoms with E-state index in [-0.39, 0.29) is 24.2 Å². The summed E-state index contributed by atoms with van der Waals surface area (Å²) in [7, 11) is -3.79. The van der Waals surface area contributed by atoms with Crippen molar-refractivity contribution in [2.24, 2.45) is 5.92 Å². The van der Waals surface area contributed by atoms with Crippen LogP contribution in [0.25, 0.3) is 0 Å². The molecule has 4 aliphatic rings. The molecule has 1 aromatic rings. The molecule has 2 heterocycles. The lowest BCUT2D eigenvalue weighted by Gasteiger charge is -2.30. The van der Waals surface area contributed by atoms with Gasteiger partial charge in [-0.05, 0) is 69.1 Å². The number of hydrogen-bond donors (Lipinski definition) is 3. The molecule has 0 aromatic heterocycles. The molecule has 3 N–H and O–H groups in total. The summed E-state index contributed by atoms with van der Waals surface area (Å²) in [4.78, 5) is 55.0. The Kier molecular flexibility index (Phi) is 8.75. The Hall–Kier alpha value is -2.92. The normalized spacial score (nSPS) is 29.7. The Balaban J connectivity index is 1.32. The van der Waals surface area contributed by atoms with Gasteiger partial charge in [-0.15, -0.1) is 0 Å². The molecule has 12 heteroatoms. The second-order valence-corrected chi connectivity index (χ2v) is 14.0. The number of benzene rings is 1. The summed E-state index contributed by atoms with van der Waals surface area (Å²) in [5.41, 5.74) is -0.591. The van der Waals surface area contributed by atoms with Crippen LogP contribution < -0.4 is 15.4 Å². The molecule has 1 saturated heterocycles. The average molecular weight is 605 g/mol. The van der Waals surface area contributed by atoms with E-state index in [1.165, 1.54) is 4.90 Å². The van der Waals surface area contributed by atoms with E-state index in [2.05, 4.69) is 15.4 Å². The highest BCUT2D eigenvalue weighted by Crippen LogP contribution is 2.46. The smallest absolute Gasteiger partial charge is 0.259 e. The summed E-state index contributed by atoms with van der Waals surface area (Å²) in [6.45, 7) is 0.360. The van der Waals surface area contributed by atoms with Crippen LogP contribution in [-0.2, 0) is 35.6 Å². The molecule has 2 unspecified atom stereocenters. The molecular formula is C29H37ClN4O6S. The van der Waals surface area contributed by atoms with Gasteiger partial charge in [0.2, 0.25) is 27.7 Å². The number of allylic oxidation sites excluding steroid dienone is 1. The molecule has 3 fully saturated rings. The number of amides is 4. The fourth-order valence-electron chi connectivity index (χ4n) is 5.81. The lowest BCUT2D eigenvalue weighted by Crippen LogP contribution is -2.58. The van der Waals surface area contributed by atoms with Gasteiger partial charge >= 0.3 is 0 Å². The highest BCUT2D eigenvalue weighted by molar-refractivity contribution is 7.91. The Labute approximate surface area is 245 Å². The van der Waals surface area contributed by atoms with E-state index < -0.39 is 44.7 Å². The highest BCUT2D eigenvalue weighted by atomic mass is 35.5. The summed E-state index contributed by atoms with van der Waals surface area (Å²) in [6.07, 6.45) is 9.94. The topological polar surface area (TPSA) is 142 Å². The third kappa shape index (κ3) is 6.94. The molecule has 0 spiro atoms. The quantitative estimate of drug-likeness (QED) is 0.426. The van der Waals surface area contributed by atoms with Gasteiger partial charge in [0.05, 0.1) is 11.7 Å². The van der Waals surface area contributed by atoms with Crippen molar-refractivity contribution < 1.29 is 27.6 Å². The predicted molar refractivity (Wildman–Crippen MR) is 153 cm³/mol. The predicted octanol–water partition coefficient (Wildman–Crippen LogP) is 2.36. The number of nitrogens with one attached hydrogen (secondary N) is 3. The molecule has 0 radical (unpaired) electrons. The first kappa shape index (κ1) is 29.6. The molecule has 5 rings (SSSR count). The number of rotatable bonds is 6. The molecule has 0 bridgehead atoms. The van der Waals surface area contributed by atoms with Gasteiger partial charge in [-0.3, -0.25) is 23.9 Å². The van der Waals surface area contributed by atoms with Gasteiger partial charge in [0.25, 0.3) is 5.91 Å². The lowest BCUT2D eigenvalue weighted by molar-refractivity contribution is -0.142. The van der Waals surface area contributed by atoms with Gasteiger partial charge in [-0.25, -0.2) is 8.42 Å². The number of fused-ring (bicyclic) bond motifs is 2. The Bertz CT molecular complexity index is 1330. The monoisotopic (exact) mass is 604 g/mol. The van der Waals surface area contributed by atoms with Gasteiger partial charge in [-0.1, -0.05) is 48.7 Å². The Morgan fingerprint density at radius 3 is 2.51 bits per heavy atom. The number of carbonyl (C=O) groups is 4. The molecule has 10 nitrogen and oxygen atoms in total. The zero-order chi connectivity index (χ0) is 29.2. The molecule has 41 heavy (non-hydrogen) atoms. The van der Waals surface area contributed by atoms with Crippen LogP contribution in [-0.4, -0.2) is 66.4 Å². The van der Waals surface area contributed by atoms with E-state index in [1.807, 2.05) is 12.2 Å². The van der Waals surface area contributed by atoms with Gasteiger partial charge < -0.3 is 15.5 Å². The van der Waals surface area contributed by atoms with Crippen molar-refractivity contribution in [3.8, 4) is 0 Å². The first-order valence-electron chi connectivity index (χ1n) is 14.5. The van der Waals surface area contributed by atoms with Crippen LogP contribution in [0.5, 0.6) is 0 Å². The summed E-state index contributed by atoms with van der Waals surface area (Å²) >= 11 is 5.95. The minimum absolute atomic E-state index is 0.0957. The van der Waals surface area contributed by atoms with Crippen molar-refractivity contribution >= 4 is 45.3 Å². The van der Waals surface area contributed by atoms with Gasteiger partial charge in [-0.2, -0.15) is 0 Å². The Morgan fingerprint density at radius 1 is 1.02 bits per heavy atom. The zero-order valence-electron chi connectivity index (χ0n) is 22.9. The largest absolute Gasteiger partial charge is 0.344 e. The summed E-state index contributed by atoms with van der Waals surface area (Å²) in [5, 5.41) is 5.75. The van der Waals surface area contributed by atoms with Crippen LogP contribution in [0.1, 0.15) is 69.8 Å². The second-order valence-electron chi connectivity index (χ2n) is 11.6. The Morgan fingerprint density at radius 2 is 1.78 bits per heavy atom. The first-order valence-corrected chi connectivity index (χ1v) is 16.4. The summed E-state index contributed by atoms with van der Waals surface area (Å²) in [6, 6.07) is 5.36. The molecule has 2 aliphatic heterocycles. The van der Waals surface area contributed by atoms with E-state index in [1.54, 1.807) is 24.3 Å². The maximum atomic E-state index is 13.8. The number of nitrogens with zero attached hydrogens (tertiary/aromatic N) is 1. The third-order valence-corrected chi connectivity index (χ3v) is 10.5. The summed E-state index contributed by atoms with van der Waals surface area (Å²) in [5.74, 6) is -2.13. The van der Waals surface area contributed by atoms with E-state index in [0.717, 1.165) is 31.2 Å². The lowest BCUT2D eigenvalue weighted by atomic mass is 10.0. The maximum absolute atomic E-state index is 13.8. The standard InChI is InChI=1S/C29H37ClN4O6S/c30-21-12-10-19(11-13-21)17-25(35)31-23-8-5-3-1-2-4-7-20-18-29(20,28(38)33-41(39,40)22-14-15-22)32-26(36)24-9-6-16-34(24)27(23)37/h4,7,10-13,20,22-24H,1-3,5-6,8-9,14-18H2,(H,31,35)(H,32,36)(H,33,38)/b7-4-/t20-,23?,24?,29-/m1/s1. The molecule has 4 atom stereocenters. The van der Waals surface area contributed by atoms with Crippen LogP contribution in [0, 0.1) is 5.92 Å². The van der Waals surface area contributed by atoms with E-state index in [0.29, 0.717) is 50.1 Å². The van der Waals surface area contributed by atoms with Crippen LogP contribution in [0.15, 0.2) is 36.4 Å². The van der Waals surface area contributed by atoms with Crippen LogP contribution in [0.4, 0.5) is 0 Å². The van der Waals surface area contributed by atoms with Crippen LogP contribution >= 0.6 is 11.6 Å². The molecule has 2 aliphatic carbocycles. The van der Waals surface area contributed by atoms with Crippen molar-refractivity contribution in [3.63, 3.8) is 0 Å². The number of sulfonamides is 1. The van der Waals surface area contributed by atoms with Crippen LogP contribution in [0.2, 0.25) is 5.02 Å². The average Bonchev–Trinajstić information content (AvgIpc) is 3.84. The number of hydrogen-bond acceptors (Lipinski definition) is 6. The number of halogens is 1. The first-order chi connectivity index (χ1) is 19.6. The van der Waals surface area contributed by atoms with Crippen molar-refractivity contribution in [3.05, 3.63) is 47.0 Å². The van der Waals surface area contributed by atoms with Gasteiger partial charge in [0, 0.05) is 17.5 Å². The van der Waals surface area contributed by atoms with Crippen molar-refractivity contribution in [1.82, 2.24) is 20.3 Å². The minimum Gasteiger partial charge on any atom is -0.344 e. The molecule has 4 amide bonds. The summed E-state index contributed by atoms with van der Waals surface area (Å²) < 4.78 is 27.2. The fraction of sp³-hybridized carbons (Fsp3) is 0.586. The minimum atomic E-state index is -3.79. The third-order valence-electron chi connectivity index (χ3n) is 8.45. The van der Waals surface area contributed by atoms with Crippen molar-refractivity contribution in [2.45, 2.75) is 93.5 Å². The fourth-order valence-corrected chi connectivity index (χ4v) is 7.30.